The molecule has 1 heterocycles. The Morgan fingerprint density at radius 1 is 0.920 bits per heavy atom. The van der Waals surface area contributed by atoms with Crippen LogP contribution in [0.4, 0.5) is 11.6 Å². The monoisotopic (exact) mass is 355 g/mol. The van der Waals surface area contributed by atoms with E-state index in [1.165, 1.54) is 11.1 Å². The number of halogens is 1. The summed E-state index contributed by atoms with van der Waals surface area (Å²) in [7, 11) is 0. The fourth-order valence-corrected chi connectivity index (χ4v) is 2.79. The molecule has 0 fully saturated rings. The summed E-state index contributed by atoms with van der Waals surface area (Å²) in [6.45, 7) is 8.62. The van der Waals surface area contributed by atoms with Crippen LogP contribution in [0, 0.1) is 0 Å². The number of nitrogens with one attached hydrogen (secondary N) is 1. The highest BCUT2D eigenvalue weighted by Gasteiger charge is 2.12. The zero-order valence-corrected chi connectivity index (χ0v) is 15.6. The van der Waals surface area contributed by atoms with Crippen LogP contribution in [0.15, 0.2) is 42.5 Å². The first kappa shape index (κ1) is 17.4. The molecule has 6 heteroatoms. The maximum atomic E-state index is 6.40. The molecular weight excluding hydrogens is 334 g/mol. The Kier molecular flexibility index (Phi) is 5.04. The van der Waals surface area contributed by atoms with Crippen molar-refractivity contribution in [3.05, 3.63) is 58.6 Å². The van der Waals surface area contributed by atoms with Crippen molar-refractivity contribution in [2.75, 3.05) is 5.32 Å². The van der Waals surface area contributed by atoms with E-state index >= 15 is 0 Å². The highest BCUT2D eigenvalue weighted by Crippen LogP contribution is 2.29. The van der Waals surface area contributed by atoms with Crippen molar-refractivity contribution < 1.29 is 0 Å². The van der Waals surface area contributed by atoms with Gasteiger partial charge in [0.15, 0.2) is 0 Å². The molecule has 130 valence electrons. The molecule has 0 aliphatic rings. The normalized spacial score (nSPS) is 11.3. The topological polar surface area (TPSA) is 55.6 Å². The van der Waals surface area contributed by atoms with Crippen LogP contribution in [-0.4, -0.2) is 20.2 Å². The molecule has 0 saturated heterocycles. The van der Waals surface area contributed by atoms with Crippen LogP contribution in [0.1, 0.15) is 50.7 Å². The van der Waals surface area contributed by atoms with Gasteiger partial charge >= 0.3 is 0 Å². The van der Waals surface area contributed by atoms with Crippen LogP contribution in [0.2, 0.25) is 5.02 Å². The number of tetrazole rings is 1. The Morgan fingerprint density at radius 3 is 2.16 bits per heavy atom. The Labute approximate surface area is 153 Å². The summed E-state index contributed by atoms with van der Waals surface area (Å²) in [5.41, 5.74) is 4.14. The fraction of sp³-hybridized carbons (Fsp3) is 0.316. The number of benzene rings is 2. The van der Waals surface area contributed by atoms with Gasteiger partial charge in [-0.25, -0.2) is 0 Å². The standard InChI is InChI=1S/C19H22ClN5/c1-12(2)14-5-8-16(9-6-14)25-19(22-23-24-25)21-18-10-7-15(13(3)4)11-17(18)20/h5-13H,1-4H3,(H,21,22,24). The lowest BCUT2D eigenvalue weighted by atomic mass is 10.0. The van der Waals surface area contributed by atoms with Crippen molar-refractivity contribution in [3.8, 4) is 5.69 Å². The minimum Gasteiger partial charge on any atom is -0.321 e. The molecule has 0 bridgehead atoms. The second-order valence-corrected chi connectivity index (χ2v) is 7.09. The van der Waals surface area contributed by atoms with Gasteiger partial charge < -0.3 is 5.32 Å². The highest BCUT2D eigenvalue weighted by molar-refractivity contribution is 6.33. The molecule has 0 unspecified atom stereocenters. The Hall–Kier alpha value is -2.40. The molecule has 0 spiro atoms. The van der Waals surface area contributed by atoms with Crippen molar-refractivity contribution >= 4 is 23.2 Å². The van der Waals surface area contributed by atoms with E-state index in [1.807, 2.05) is 24.3 Å². The number of hydrogen-bond acceptors (Lipinski definition) is 4. The van der Waals surface area contributed by atoms with Crippen molar-refractivity contribution in [1.29, 1.82) is 0 Å². The SMILES string of the molecule is CC(C)c1ccc(-n2nnnc2Nc2ccc(C(C)C)cc2Cl)cc1. The van der Waals surface area contributed by atoms with Gasteiger partial charge in [-0.05, 0) is 57.7 Å². The average Bonchev–Trinajstić information content (AvgIpc) is 3.04. The van der Waals surface area contributed by atoms with Crippen molar-refractivity contribution in [2.45, 2.75) is 39.5 Å². The fourth-order valence-electron chi connectivity index (χ4n) is 2.55. The van der Waals surface area contributed by atoms with Gasteiger partial charge in [0.2, 0.25) is 0 Å². The Morgan fingerprint density at radius 2 is 1.56 bits per heavy atom. The van der Waals surface area contributed by atoms with E-state index in [2.05, 4.69) is 66.7 Å². The molecule has 2 aromatic carbocycles. The summed E-state index contributed by atoms with van der Waals surface area (Å²) in [6, 6.07) is 14.2. The van der Waals surface area contributed by atoms with Crippen LogP contribution in [0.3, 0.4) is 0 Å². The average molecular weight is 356 g/mol. The maximum absolute atomic E-state index is 6.40. The summed E-state index contributed by atoms with van der Waals surface area (Å²) in [4.78, 5) is 0. The van der Waals surface area contributed by atoms with E-state index < -0.39 is 0 Å². The summed E-state index contributed by atoms with van der Waals surface area (Å²) in [5, 5.41) is 15.8. The van der Waals surface area contributed by atoms with E-state index in [9.17, 15) is 0 Å². The molecule has 3 rings (SSSR count). The summed E-state index contributed by atoms with van der Waals surface area (Å²) in [6.07, 6.45) is 0. The van der Waals surface area contributed by atoms with Gasteiger partial charge in [0.25, 0.3) is 5.95 Å². The molecule has 0 aliphatic carbocycles. The molecule has 0 atom stereocenters. The Balaban J connectivity index is 1.87. The lowest BCUT2D eigenvalue weighted by Crippen LogP contribution is -2.04. The van der Waals surface area contributed by atoms with Gasteiger partial charge in [-0.2, -0.15) is 4.68 Å². The van der Waals surface area contributed by atoms with Gasteiger partial charge in [0, 0.05) is 0 Å². The molecule has 5 nitrogen and oxygen atoms in total. The summed E-state index contributed by atoms with van der Waals surface area (Å²) < 4.78 is 1.66. The second-order valence-electron chi connectivity index (χ2n) is 6.68. The number of hydrogen-bond donors (Lipinski definition) is 1. The van der Waals surface area contributed by atoms with E-state index in [0.717, 1.165) is 11.4 Å². The zero-order chi connectivity index (χ0) is 18.0. The van der Waals surface area contributed by atoms with E-state index in [4.69, 9.17) is 11.6 Å². The number of aromatic nitrogens is 4. The first-order valence-electron chi connectivity index (χ1n) is 8.41. The number of nitrogens with zero attached hydrogens (tertiary/aromatic N) is 4. The molecule has 0 aliphatic heterocycles. The minimum atomic E-state index is 0.427. The second kappa shape index (κ2) is 7.23. The van der Waals surface area contributed by atoms with Crippen LogP contribution < -0.4 is 5.32 Å². The van der Waals surface area contributed by atoms with Crippen LogP contribution in [-0.2, 0) is 0 Å². The van der Waals surface area contributed by atoms with Crippen molar-refractivity contribution in [2.24, 2.45) is 0 Å². The van der Waals surface area contributed by atoms with Crippen molar-refractivity contribution in [3.63, 3.8) is 0 Å². The van der Waals surface area contributed by atoms with Crippen LogP contribution in [0.5, 0.6) is 0 Å². The molecule has 1 N–H and O–H groups in total. The number of rotatable bonds is 5. The van der Waals surface area contributed by atoms with Gasteiger partial charge in [-0.1, -0.05) is 62.6 Å². The van der Waals surface area contributed by atoms with Crippen molar-refractivity contribution in [1.82, 2.24) is 20.2 Å². The molecule has 0 radical (unpaired) electrons. The van der Waals surface area contributed by atoms with Gasteiger partial charge in [0.1, 0.15) is 0 Å². The van der Waals surface area contributed by atoms with E-state index in [0.29, 0.717) is 22.8 Å². The summed E-state index contributed by atoms with van der Waals surface area (Å²) in [5.74, 6) is 1.44. The predicted octanol–water partition coefficient (Wildman–Crippen LogP) is 5.31. The summed E-state index contributed by atoms with van der Waals surface area (Å²) >= 11 is 6.40. The van der Waals surface area contributed by atoms with Crippen LogP contribution >= 0.6 is 11.6 Å². The molecule has 0 amide bonds. The molecule has 3 aromatic rings. The van der Waals surface area contributed by atoms with E-state index in [-0.39, 0.29) is 0 Å². The third-order valence-electron chi connectivity index (χ3n) is 4.18. The molecule has 1 aromatic heterocycles. The minimum absolute atomic E-state index is 0.427. The molecular formula is C19H22ClN5. The first-order valence-corrected chi connectivity index (χ1v) is 8.78. The first-order chi connectivity index (χ1) is 12.0. The highest BCUT2D eigenvalue weighted by atomic mass is 35.5. The third kappa shape index (κ3) is 3.82. The third-order valence-corrected chi connectivity index (χ3v) is 4.49. The predicted molar refractivity (Wildman–Crippen MR) is 102 cm³/mol. The van der Waals surface area contributed by atoms with Crippen LogP contribution in [0.25, 0.3) is 5.69 Å². The molecule has 0 saturated carbocycles. The maximum Gasteiger partial charge on any atom is 0.252 e. The zero-order valence-electron chi connectivity index (χ0n) is 14.9. The van der Waals surface area contributed by atoms with Gasteiger partial charge in [0.05, 0.1) is 16.4 Å². The smallest absolute Gasteiger partial charge is 0.252 e. The van der Waals surface area contributed by atoms with Gasteiger partial charge in [-0.15, -0.1) is 0 Å². The lowest BCUT2D eigenvalue weighted by Gasteiger charge is -2.12. The van der Waals surface area contributed by atoms with Gasteiger partial charge in [-0.3, -0.25) is 0 Å². The lowest BCUT2D eigenvalue weighted by molar-refractivity contribution is 0.789. The largest absolute Gasteiger partial charge is 0.321 e. The van der Waals surface area contributed by atoms with E-state index in [1.54, 1.807) is 4.68 Å². The molecule has 25 heavy (non-hydrogen) atoms. The quantitative estimate of drug-likeness (QED) is 0.674. The number of anilines is 2. The Bertz CT molecular complexity index is 853.